The molecule has 2 aromatic carbocycles. The molecule has 3 heterocycles. The summed E-state index contributed by atoms with van der Waals surface area (Å²) in [5, 5.41) is 10.1. The molecule has 6 nitrogen and oxygen atoms in total. The van der Waals surface area contributed by atoms with E-state index in [9.17, 15) is 18.7 Å². The van der Waals surface area contributed by atoms with Crippen LogP contribution in [0.3, 0.4) is 0 Å². The monoisotopic (exact) mass is 451 g/mol. The van der Waals surface area contributed by atoms with Gasteiger partial charge >= 0.3 is 0 Å². The number of nitrogens with zero attached hydrogens (tertiary/aromatic N) is 2. The Hall–Kier alpha value is -3.85. The number of H-pyrrole nitrogens is 1. The van der Waals surface area contributed by atoms with Crippen molar-refractivity contribution in [1.29, 1.82) is 0 Å². The van der Waals surface area contributed by atoms with Gasteiger partial charge in [0.25, 0.3) is 5.56 Å². The standard InChI is InChI=1S/C23H15F2N3O3S/c24-15-7-1-2-9-19(15)32-22-21-26-16(11-13-5-4-10-31-13)23(30)28(21)12-17(27-22)14-6-3-8-18(29)20(14)25/h1-10,12,27,29H,11H2. The van der Waals surface area contributed by atoms with Gasteiger partial charge in [-0.25, -0.2) is 13.8 Å². The lowest BCUT2D eigenvalue weighted by Crippen LogP contribution is -2.16. The Morgan fingerprint density at radius 1 is 1.09 bits per heavy atom. The van der Waals surface area contributed by atoms with E-state index in [2.05, 4.69) is 9.97 Å². The average molecular weight is 451 g/mol. The fourth-order valence-electron chi connectivity index (χ4n) is 3.35. The molecule has 0 bridgehead atoms. The van der Waals surface area contributed by atoms with Crippen molar-refractivity contribution in [2.24, 2.45) is 0 Å². The fourth-order valence-corrected chi connectivity index (χ4v) is 4.28. The number of fused-ring (bicyclic) bond motifs is 1. The lowest BCUT2D eigenvalue weighted by molar-refractivity contribution is 0.433. The highest BCUT2D eigenvalue weighted by molar-refractivity contribution is 7.99. The second-order valence-corrected chi connectivity index (χ2v) is 8.03. The first kappa shape index (κ1) is 20.1. The van der Waals surface area contributed by atoms with Gasteiger partial charge in [-0.3, -0.25) is 9.36 Å². The Morgan fingerprint density at radius 3 is 2.72 bits per heavy atom. The molecule has 0 fully saturated rings. The minimum atomic E-state index is -0.840. The van der Waals surface area contributed by atoms with Crippen molar-refractivity contribution in [3.8, 4) is 22.8 Å². The number of benzene rings is 2. The maximum atomic E-state index is 14.6. The fraction of sp³-hybridized carbons (Fsp3) is 0.0435. The number of hydrogen-bond donors (Lipinski definition) is 2. The van der Waals surface area contributed by atoms with Crippen LogP contribution in [0.2, 0.25) is 0 Å². The van der Waals surface area contributed by atoms with E-state index >= 15 is 0 Å². The predicted molar refractivity (Wildman–Crippen MR) is 114 cm³/mol. The summed E-state index contributed by atoms with van der Waals surface area (Å²) in [4.78, 5) is 20.9. The SMILES string of the molecule is O=c1c(Cc2ccco2)nc2c(Sc3ccccc3F)[nH]c(-c3cccc(O)c3F)cn1-2. The van der Waals surface area contributed by atoms with Crippen molar-refractivity contribution < 1.29 is 18.3 Å². The van der Waals surface area contributed by atoms with Crippen LogP contribution in [-0.2, 0) is 6.42 Å². The first-order chi connectivity index (χ1) is 15.5. The van der Waals surface area contributed by atoms with Crippen LogP contribution < -0.4 is 5.56 Å². The molecular formula is C23H15F2N3O3S. The van der Waals surface area contributed by atoms with Crippen molar-refractivity contribution in [2.45, 2.75) is 16.3 Å². The largest absolute Gasteiger partial charge is 0.505 e. The summed E-state index contributed by atoms with van der Waals surface area (Å²) in [6.07, 6.45) is 3.10. The van der Waals surface area contributed by atoms with Gasteiger partial charge < -0.3 is 14.5 Å². The second kappa shape index (κ2) is 8.01. The van der Waals surface area contributed by atoms with Crippen LogP contribution in [0.25, 0.3) is 17.1 Å². The van der Waals surface area contributed by atoms with Crippen molar-refractivity contribution in [2.75, 3.05) is 0 Å². The third-order valence-corrected chi connectivity index (χ3v) is 5.92. The van der Waals surface area contributed by atoms with Gasteiger partial charge in [0.1, 0.15) is 22.3 Å². The molecular weight excluding hydrogens is 436 g/mol. The van der Waals surface area contributed by atoms with Crippen molar-refractivity contribution in [3.05, 3.63) is 100 Å². The van der Waals surface area contributed by atoms with Gasteiger partial charge in [-0.15, -0.1) is 0 Å². The van der Waals surface area contributed by atoms with E-state index in [0.29, 0.717) is 15.7 Å². The maximum absolute atomic E-state index is 14.6. The van der Waals surface area contributed by atoms with Crippen LogP contribution in [0.5, 0.6) is 5.75 Å². The zero-order chi connectivity index (χ0) is 22.2. The molecule has 0 saturated heterocycles. The van der Waals surface area contributed by atoms with Gasteiger partial charge in [0.05, 0.1) is 18.4 Å². The van der Waals surface area contributed by atoms with Crippen LogP contribution in [0.15, 0.2) is 86.2 Å². The molecule has 0 atom stereocenters. The first-order valence-corrected chi connectivity index (χ1v) is 10.4. The minimum Gasteiger partial charge on any atom is -0.505 e. The van der Waals surface area contributed by atoms with Gasteiger partial charge in [0, 0.05) is 16.7 Å². The summed E-state index contributed by atoms with van der Waals surface area (Å²) < 4.78 is 35.6. The predicted octanol–water partition coefficient (Wildman–Crippen LogP) is 4.98. The Kier molecular flexibility index (Phi) is 5.02. The first-order valence-electron chi connectivity index (χ1n) is 9.58. The number of aromatic nitrogens is 3. The van der Waals surface area contributed by atoms with Crippen LogP contribution in [-0.4, -0.2) is 19.6 Å². The average Bonchev–Trinajstić information content (AvgIpc) is 3.41. The summed E-state index contributed by atoms with van der Waals surface area (Å²) in [7, 11) is 0. The zero-order valence-electron chi connectivity index (χ0n) is 16.4. The van der Waals surface area contributed by atoms with Gasteiger partial charge in [-0.2, -0.15) is 0 Å². The lowest BCUT2D eigenvalue weighted by Gasteiger charge is -2.13. The van der Waals surface area contributed by atoms with Crippen LogP contribution >= 0.6 is 11.8 Å². The molecule has 160 valence electrons. The maximum Gasteiger partial charge on any atom is 0.278 e. The molecule has 32 heavy (non-hydrogen) atoms. The molecule has 0 spiro atoms. The van der Waals surface area contributed by atoms with E-state index in [0.717, 1.165) is 11.8 Å². The van der Waals surface area contributed by atoms with Crippen LogP contribution in [0.4, 0.5) is 8.78 Å². The molecule has 2 N–H and O–H groups in total. The number of aromatic hydroxyl groups is 1. The zero-order valence-corrected chi connectivity index (χ0v) is 17.2. The topological polar surface area (TPSA) is 84.1 Å². The second-order valence-electron chi connectivity index (χ2n) is 6.98. The highest BCUT2D eigenvalue weighted by Crippen LogP contribution is 2.35. The van der Waals surface area contributed by atoms with Crippen LogP contribution in [0.1, 0.15) is 11.5 Å². The molecule has 0 amide bonds. The van der Waals surface area contributed by atoms with E-state index in [4.69, 9.17) is 4.42 Å². The highest BCUT2D eigenvalue weighted by Gasteiger charge is 2.23. The Morgan fingerprint density at radius 2 is 1.94 bits per heavy atom. The molecule has 9 heteroatoms. The quantitative estimate of drug-likeness (QED) is 0.394. The molecule has 2 aliphatic rings. The molecule has 0 unspecified atom stereocenters. The Labute approximate surface area is 184 Å². The summed E-state index contributed by atoms with van der Waals surface area (Å²) >= 11 is 1.03. The van der Waals surface area contributed by atoms with Gasteiger partial charge in [0.2, 0.25) is 0 Å². The van der Waals surface area contributed by atoms with E-state index in [1.807, 2.05) is 0 Å². The number of phenolic OH excluding ortho intramolecular Hbond substituents is 1. The van der Waals surface area contributed by atoms with Crippen molar-refractivity contribution in [3.63, 3.8) is 0 Å². The smallest absolute Gasteiger partial charge is 0.278 e. The number of hydrogen-bond acceptors (Lipinski definition) is 5. The molecule has 3 aromatic rings. The van der Waals surface area contributed by atoms with Crippen molar-refractivity contribution >= 4 is 11.8 Å². The number of halogens is 2. The summed E-state index contributed by atoms with van der Waals surface area (Å²) in [6, 6.07) is 13.8. The minimum absolute atomic E-state index is 0.0583. The third kappa shape index (κ3) is 3.56. The molecule has 0 aliphatic carbocycles. The molecule has 0 saturated carbocycles. The van der Waals surface area contributed by atoms with E-state index in [1.54, 1.807) is 30.3 Å². The van der Waals surface area contributed by atoms with Crippen molar-refractivity contribution in [1.82, 2.24) is 14.5 Å². The van der Waals surface area contributed by atoms with Crippen LogP contribution in [0, 0.1) is 11.6 Å². The number of nitrogens with one attached hydrogen (secondary N) is 1. The molecule has 5 rings (SSSR count). The Balaban J connectivity index is 1.71. The van der Waals surface area contributed by atoms with Gasteiger partial charge in [-0.1, -0.05) is 30.0 Å². The lowest BCUT2D eigenvalue weighted by atomic mass is 10.1. The Bertz CT molecular complexity index is 1440. The third-order valence-electron chi connectivity index (χ3n) is 4.88. The summed E-state index contributed by atoms with van der Waals surface area (Å²) in [5.41, 5.74) is 0.117. The number of aromatic amines is 1. The van der Waals surface area contributed by atoms with Gasteiger partial charge in [0.15, 0.2) is 17.4 Å². The highest BCUT2D eigenvalue weighted by atomic mass is 32.2. The molecule has 2 aliphatic heterocycles. The molecule has 0 radical (unpaired) electrons. The van der Waals surface area contributed by atoms with Gasteiger partial charge in [-0.05, 0) is 36.4 Å². The van der Waals surface area contributed by atoms with E-state index in [1.165, 1.54) is 41.3 Å². The van der Waals surface area contributed by atoms with E-state index < -0.39 is 22.9 Å². The number of imidazole rings is 1. The number of furan rings is 1. The number of rotatable bonds is 5. The summed E-state index contributed by atoms with van der Waals surface area (Å²) in [5.74, 6) is -0.965. The number of phenols is 1. The normalized spacial score (nSPS) is 11.3. The summed E-state index contributed by atoms with van der Waals surface area (Å²) in [6.45, 7) is 0. The van der Waals surface area contributed by atoms with E-state index in [-0.39, 0.29) is 29.2 Å². The molecule has 1 aromatic heterocycles.